The summed E-state index contributed by atoms with van der Waals surface area (Å²) >= 11 is 3.42. The van der Waals surface area contributed by atoms with Crippen molar-refractivity contribution in [3.8, 4) is 0 Å². The zero-order valence-electron chi connectivity index (χ0n) is 12.7. The summed E-state index contributed by atoms with van der Waals surface area (Å²) in [4.78, 5) is 0. The van der Waals surface area contributed by atoms with Crippen molar-refractivity contribution in [3.63, 3.8) is 0 Å². The van der Waals surface area contributed by atoms with Gasteiger partial charge in [0.15, 0.2) is 0 Å². The molecule has 1 unspecified atom stereocenters. The van der Waals surface area contributed by atoms with Crippen LogP contribution in [0.3, 0.4) is 0 Å². The lowest BCUT2D eigenvalue weighted by molar-refractivity contribution is 0.271. The normalized spacial score (nSPS) is 13.2. The van der Waals surface area contributed by atoms with E-state index in [1.54, 1.807) is 0 Å². The molecule has 0 amide bonds. The maximum absolute atomic E-state index is 13.2. The van der Waals surface area contributed by atoms with Gasteiger partial charge in [-0.15, -0.1) is 0 Å². The summed E-state index contributed by atoms with van der Waals surface area (Å²) in [6, 6.07) is 15.5. The molecule has 1 N–H and O–H groups in total. The van der Waals surface area contributed by atoms with Crippen molar-refractivity contribution < 1.29 is 4.39 Å². The van der Waals surface area contributed by atoms with Crippen LogP contribution in [0, 0.1) is 11.2 Å². The van der Waals surface area contributed by atoms with Crippen molar-refractivity contribution in [2.24, 2.45) is 5.41 Å². The molecular formula is C18H21BrFN. The van der Waals surface area contributed by atoms with E-state index >= 15 is 0 Å². The van der Waals surface area contributed by atoms with Gasteiger partial charge in [0.2, 0.25) is 0 Å². The van der Waals surface area contributed by atoms with Gasteiger partial charge < -0.3 is 5.32 Å². The average molecular weight is 350 g/mol. The topological polar surface area (TPSA) is 12.0 Å². The number of hydrogen-bond acceptors (Lipinski definition) is 1. The molecule has 0 spiro atoms. The van der Waals surface area contributed by atoms with Gasteiger partial charge >= 0.3 is 0 Å². The average Bonchev–Trinajstić information content (AvgIpc) is 2.41. The highest BCUT2D eigenvalue weighted by atomic mass is 79.9. The van der Waals surface area contributed by atoms with Gasteiger partial charge in [-0.2, -0.15) is 0 Å². The molecule has 0 aliphatic heterocycles. The van der Waals surface area contributed by atoms with E-state index in [4.69, 9.17) is 0 Å². The Bertz CT molecular complexity index is 590. The van der Waals surface area contributed by atoms with Crippen LogP contribution in [0.1, 0.15) is 37.9 Å². The molecule has 0 aromatic heterocycles. The summed E-state index contributed by atoms with van der Waals surface area (Å²) in [5.74, 6) is -0.221. The first-order valence-corrected chi connectivity index (χ1v) is 7.89. The van der Waals surface area contributed by atoms with E-state index in [9.17, 15) is 4.39 Å². The fraction of sp³-hybridized carbons (Fsp3) is 0.333. The molecule has 1 atom stereocenters. The van der Waals surface area contributed by atoms with E-state index in [2.05, 4.69) is 66.3 Å². The summed E-state index contributed by atoms with van der Waals surface area (Å²) in [5.41, 5.74) is 2.42. The van der Waals surface area contributed by atoms with Crippen molar-refractivity contribution in [3.05, 3.63) is 69.9 Å². The van der Waals surface area contributed by atoms with E-state index in [1.165, 1.54) is 17.7 Å². The summed E-state index contributed by atoms with van der Waals surface area (Å²) in [6.07, 6.45) is 0. The summed E-state index contributed by atoms with van der Waals surface area (Å²) < 4.78 is 14.0. The van der Waals surface area contributed by atoms with Crippen molar-refractivity contribution in [2.75, 3.05) is 0 Å². The zero-order chi connectivity index (χ0) is 15.5. The van der Waals surface area contributed by atoms with Gasteiger partial charge in [-0.25, -0.2) is 4.39 Å². The molecule has 21 heavy (non-hydrogen) atoms. The second-order valence-corrected chi connectivity index (χ2v) is 7.18. The van der Waals surface area contributed by atoms with Crippen molar-refractivity contribution in [1.82, 2.24) is 5.32 Å². The highest BCUT2D eigenvalue weighted by molar-refractivity contribution is 9.10. The third kappa shape index (κ3) is 4.39. The van der Waals surface area contributed by atoms with E-state index < -0.39 is 0 Å². The maximum atomic E-state index is 13.2. The molecule has 0 bridgehead atoms. The Morgan fingerprint density at radius 3 is 2.33 bits per heavy atom. The molecule has 0 radical (unpaired) electrons. The second kappa shape index (κ2) is 6.71. The molecular weight excluding hydrogens is 329 g/mol. The number of nitrogens with one attached hydrogen (secondary N) is 1. The van der Waals surface area contributed by atoms with Crippen LogP contribution in [0.25, 0.3) is 0 Å². The third-order valence-electron chi connectivity index (χ3n) is 3.51. The first kappa shape index (κ1) is 16.2. The number of halogens is 2. The van der Waals surface area contributed by atoms with Gasteiger partial charge in [0, 0.05) is 17.1 Å². The fourth-order valence-corrected chi connectivity index (χ4v) is 2.94. The highest BCUT2D eigenvalue weighted by Gasteiger charge is 2.25. The highest BCUT2D eigenvalue weighted by Crippen LogP contribution is 2.33. The van der Waals surface area contributed by atoms with Crippen LogP contribution in [0.4, 0.5) is 4.39 Å². The molecule has 0 saturated carbocycles. The lowest BCUT2D eigenvalue weighted by Crippen LogP contribution is -2.32. The summed E-state index contributed by atoms with van der Waals surface area (Å²) in [6.45, 7) is 7.35. The van der Waals surface area contributed by atoms with Crippen LogP contribution < -0.4 is 5.32 Å². The van der Waals surface area contributed by atoms with Gasteiger partial charge in [-0.05, 0) is 28.7 Å². The Labute approximate surface area is 134 Å². The zero-order valence-corrected chi connectivity index (χ0v) is 14.2. The smallest absolute Gasteiger partial charge is 0.124 e. The van der Waals surface area contributed by atoms with Crippen molar-refractivity contribution in [2.45, 2.75) is 33.4 Å². The predicted molar refractivity (Wildman–Crippen MR) is 89.6 cm³/mol. The van der Waals surface area contributed by atoms with Crippen LogP contribution >= 0.6 is 15.9 Å². The first-order chi connectivity index (χ1) is 9.88. The Morgan fingerprint density at radius 1 is 1.10 bits per heavy atom. The summed E-state index contributed by atoms with van der Waals surface area (Å²) in [7, 11) is 0. The molecule has 2 rings (SSSR count). The molecule has 0 fully saturated rings. The Kier molecular flexibility index (Phi) is 5.17. The Morgan fingerprint density at radius 2 is 1.76 bits per heavy atom. The predicted octanol–water partition coefficient (Wildman–Crippen LogP) is 5.47. The molecule has 0 saturated heterocycles. The monoisotopic (exact) mass is 349 g/mol. The minimum Gasteiger partial charge on any atom is -0.305 e. The lowest BCUT2D eigenvalue weighted by Gasteiger charge is -2.32. The van der Waals surface area contributed by atoms with Gasteiger partial charge in [0.1, 0.15) is 5.82 Å². The van der Waals surface area contributed by atoms with Crippen LogP contribution in [0.15, 0.2) is 53.0 Å². The third-order valence-corrected chi connectivity index (χ3v) is 4.25. The lowest BCUT2D eigenvalue weighted by atomic mass is 9.82. The quantitative estimate of drug-likeness (QED) is 0.772. The minimum atomic E-state index is -0.221. The first-order valence-electron chi connectivity index (χ1n) is 7.10. The molecule has 112 valence electrons. The molecule has 0 aliphatic carbocycles. The van der Waals surface area contributed by atoms with E-state index in [1.807, 2.05) is 12.1 Å². The summed E-state index contributed by atoms with van der Waals surface area (Å²) in [5, 5.41) is 3.60. The standard InChI is InChI=1S/C18H21BrFN/c1-18(2,3)17(13-7-5-4-6-8-13)21-12-14-9-10-15(20)11-16(14)19/h4-11,17,21H,12H2,1-3H3. The van der Waals surface area contributed by atoms with Gasteiger partial charge in [0.25, 0.3) is 0 Å². The number of rotatable bonds is 4. The molecule has 1 nitrogen and oxygen atoms in total. The van der Waals surface area contributed by atoms with E-state index in [0.717, 1.165) is 10.0 Å². The number of hydrogen-bond donors (Lipinski definition) is 1. The molecule has 2 aromatic rings. The molecule has 0 heterocycles. The SMILES string of the molecule is CC(C)(C)C(NCc1ccc(F)cc1Br)c1ccccc1. The molecule has 2 aromatic carbocycles. The van der Waals surface area contributed by atoms with Crippen LogP contribution in [-0.4, -0.2) is 0 Å². The minimum absolute atomic E-state index is 0.0911. The Hall–Kier alpha value is -1.19. The maximum Gasteiger partial charge on any atom is 0.124 e. The van der Waals surface area contributed by atoms with Gasteiger partial charge in [-0.3, -0.25) is 0 Å². The molecule has 0 aliphatic rings. The van der Waals surface area contributed by atoms with Crippen LogP contribution in [-0.2, 0) is 6.54 Å². The van der Waals surface area contributed by atoms with E-state index in [0.29, 0.717) is 6.54 Å². The number of benzene rings is 2. The van der Waals surface area contributed by atoms with Gasteiger partial charge in [0.05, 0.1) is 0 Å². The van der Waals surface area contributed by atoms with Crippen LogP contribution in [0.5, 0.6) is 0 Å². The second-order valence-electron chi connectivity index (χ2n) is 6.33. The van der Waals surface area contributed by atoms with Crippen LogP contribution in [0.2, 0.25) is 0 Å². The van der Waals surface area contributed by atoms with Crippen molar-refractivity contribution in [1.29, 1.82) is 0 Å². The largest absolute Gasteiger partial charge is 0.305 e. The fourth-order valence-electron chi connectivity index (χ4n) is 2.45. The van der Waals surface area contributed by atoms with Crippen molar-refractivity contribution >= 4 is 15.9 Å². The Balaban J connectivity index is 2.17. The molecule has 3 heteroatoms. The van der Waals surface area contributed by atoms with Gasteiger partial charge in [-0.1, -0.05) is 73.1 Å². The van der Waals surface area contributed by atoms with E-state index in [-0.39, 0.29) is 17.3 Å².